The van der Waals surface area contributed by atoms with Crippen LogP contribution in [0.2, 0.25) is 0 Å². The van der Waals surface area contributed by atoms with Crippen LogP contribution in [0.5, 0.6) is 0 Å². The van der Waals surface area contributed by atoms with Gasteiger partial charge in [-0.2, -0.15) is 0 Å². The van der Waals surface area contributed by atoms with Crippen LogP contribution in [-0.4, -0.2) is 20.4 Å². The highest BCUT2D eigenvalue weighted by atomic mass is 32.2. The van der Waals surface area contributed by atoms with Crippen molar-refractivity contribution in [1.82, 2.24) is 5.32 Å². The van der Waals surface area contributed by atoms with Gasteiger partial charge in [-0.25, -0.2) is 8.42 Å². The molecule has 2 aromatic rings. The van der Waals surface area contributed by atoms with Crippen LogP contribution in [0, 0.1) is 6.92 Å². The summed E-state index contributed by atoms with van der Waals surface area (Å²) >= 11 is 0.999. The SMILES string of the molecule is CC[C@@H](C)NC(=O)c1ccc(S(=O)(=O)c2ccc(C)cc2)s1. The third-order valence-corrected chi connectivity index (χ3v) is 6.74. The smallest absolute Gasteiger partial charge is 0.261 e. The maximum Gasteiger partial charge on any atom is 0.261 e. The molecule has 1 aromatic heterocycles. The van der Waals surface area contributed by atoms with E-state index in [0.717, 1.165) is 23.3 Å². The van der Waals surface area contributed by atoms with Crippen LogP contribution < -0.4 is 5.32 Å². The Morgan fingerprint density at radius 1 is 1.18 bits per heavy atom. The van der Waals surface area contributed by atoms with Crippen molar-refractivity contribution in [3.05, 3.63) is 46.8 Å². The maximum atomic E-state index is 12.5. The topological polar surface area (TPSA) is 63.2 Å². The highest BCUT2D eigenvalue weighted by Gasteiger charge is 2.21. The van der Waals surface area contributed by atoms with E-state index < -0.39 is 9.84 Å². The molecule has 4 nitrogen and oxygen atoms in total. The second-order valence-electron chi connectivity index (χ2n) is 5.22. The van der Waals surface area contributed by atoms with Gasteiger partial charge in [0.25, 0.3) is 5.91 Å². The summed E-state index contributed by atoms with van der Waals surface area (Å²) in [5.74, 6) is -0.232. The minimum absolute atomic E-state index is 0.0618. The monoisotopic (exact) mass is 337 g/mol. The van der Waals surface area contributed by atoms with E-state index in [1.54, 1.807) is 30.3 Å². The van der Waals surface area contributed by atoms with Crippen LogP contribution in [0.4, 0.5) is 0 Å². The fourth-order valence-electron chi connectivity index (χ4n) is 1.82. The number of amides is 1. The Kier molecular flexibility index (Phi) is 5.03. The molecule has 1 N–H and O–H groups in total. The van der Waals surface area contributed by atoms with Gasteiger partial charge in [-0.15, -0.1) is 11.3 Å². The van der Waals surface area contributed by atoms with Gasteiger partial charge < -0.3 is 5.32 Å². The standard InChI is InChI=1S/C16H19NO3S2/c1-4-12(3)17-16(18)14-9-10-15(21-14)22(19,20)13-7-5-11(2)6-8-13/h5-10,12H,4H2,1-3H3,(H,17,18)/t12-/m1/s1. The van der Waals surface area contributed by atoms with Gasteiger partial charge in [0.2, 0.25) is 9.84 Å². The average Bonchev–Trinajstić information content (AvgIpc) is 2.98. The fourth-order valence-corrected chi connectivity index (χ4v) is 4.43. The lowest BCUT2D eigenvalue weighted by atomic mass is 10.2. The summed E-state index contributed by atoms with van der Waals surface area (Å²) < 4.78 is 25.3. The normalized spacial score (nSPS) is 12.9. The number of sulfone groups is 1. The fraction of sp³-hybridized carbons (Fsp3) is 0.312. The summed E-state index contributed by atoms with van der Waals surface area (Å²) in [4.78, 5) is 12.7. The lowest BCUT2D eigenvalue weighted by Crippen LogP contribution is -2.31. The highest BCUT2D eigenvalue weighted by molar-refractivity contribution is 7.93. The van der Waals surface area contributed by atoms with Crippen molar-refractivity contribution < 1.29 is 13.2 Å². The molecular formula is C16H19NO3S2. The van der Waals surface area contributed by atoms with Gasteiger partial charge in [-0.3, -0.25) is 4.79 Å². The Morgan fingerprint density at radius 2 is 1.82 bits per heavy atom. The van der Waals surface area contributed by atoms with E-state index in [1.165, 1.54) is 6.07 Å². The molecule has 0 fully saturated rings. The van der Waals surface area contributed by atoms with E-state index in [9.17, 15) is 13.2 Å². The third kappa shape index (κ3) is 3.56. The Balaban J connectivity index is 2.27. The Morgan fingerprint density at radius 3 is 2.41 bits per heavy atom. The molecule has 0 saturated carbocycles. The van der Waals surface area contributed by atoms with E-state index >= 15 is 0 Å². The van der Waals surface area contributed by atoms with Gasteiger partial charge in [0, 0.05) is 6.04 Å². The van der Waals surface area contributed by atoms with Crippen LogP contribution in [-0.2, 0) is 9.84 Å². The van der Waals surface area contributed by atoms with Crippen molar-refractivity contribution in [2.45, 2.75) is 42.3 Å². The number of carbonyl (C=O) groups is 1. The molecule has 0 aliphatic rings. The molecule has 1 atom stereocenters. The number of thiophene rings is 1. The summed E-state index contributed by atoms with van der Waals surface area (Å²) in [7, 11) is -3.56. The Bertz CT molecular complexity index is 761. The van der Waals surface area contributed by atoms with Gasteiger partial charge in [0.05, 0.1) is 9.77 Å². The minimum Gasteiger partial charge on any atom is -0.349 e. The largest absolute Gasteiger partial charge is 0.349 e. The van der Waals surface area contributed by atoms with Crippen molar-refractivity contribution in [2.75, 3.05) is 0 Å². The molecule has 1 heterocycles. The number of nitrogens with one attached hydrogen (secondary N) is 1. The van der Waals surface area contributed by atoms with Gasteiger partial charge in [0.1, 0.15) is 4.21 Å². The molecule has 2 rings (SSSR count). The predicted molar refractivity (Wildman–Crippen MR) is 88.2 cm³/mol. The van der Waals surface area contributed by atoms with E-state index in [1.807, 2.05) is 20.8 Å². The first-order valence-electron chi connectivity index (χ1n) is 7.07. The first-order valence-corrected chi connectivity index (χ1v) is 9.37. The first kappa shape index (κ1) is 16.7. The highest BCUT2D eigenvalue weighted by Crippen LogP contribution is 2.28. The second kappa shape index (κ2) is 6.62. The molecule has 1 amide bonds. The quantitative estimate of drug-likeness (QED) is 0.909. The predicted octanol–water partition coefficient (Wildman–Crippen LogP) is 3.42. The number of aryl methyl sites for hydroxylation is 1. The molecule has 0 unspecified atom stereocenters. The first-order chi connectivity index (χ1) is 10.3. The molecule has 0 spiro atoms. The van der Waals surface area contributed by atoms with Crippen molar-refractivity contribution >= 4 is 27.1 Å². The molecule has 0 aliphatic carbocycles. The molecule has 118 valence electrons. The zero-order chi connectivity index (χ0) is 16.3. The second-order valence-corrected chi connectivity index (χ2v) is 8.48. The van der Waals surface area contributed by atoms with Crippen molar-refractivity contribution in [3.8, 4) is 0 Å². The number of rotatable bonds is 5. The van der Waals surface area contributed by atoms with Crippen LogP contribution in [0.1, 0.15) is 35.5 Å². The van der Waals surface area contributed by atoms with Gasteiger partial charge in [-0.1, -0.05) is 24.6 Å². The summed E-state index contributed by atoms with van der Waals surface area (Å²) in [6.45, 7) is 5.79. The Hall–Kier alpha value is -1.66. The van der Waals surface area contributed by atoms with Crippen LogP contribution in [0.25, 0.3) is 0 Å². The van der Waals surface area contributed by atoms with Gasteiger partial charge in [-0.05, 0) is 44.5 Å². The molecule has 22 heavy (non-hydrogen) atoms. The number of carbonyl (C=O) groups excluding carboxylic acids is 1. The zero-order valence-electron chi connectivity index (χ0n) is 12.8. The molecule has 0 bridgehead atoms. The molecular weight excluding hydrogens is 318 g/mol. The van der Waals surface area contributed by atoms with Gasteiger partial charge in [0.15, 0.2) is 0 Å². The van der Waals surface area contributed by atoms with Crippen LogP contribution in [0.3, 0.4) is 0 Å². The molecule has 0 aliphatic heterocycles. The van der Waals surface area contributed by atoms with E-state index in [0.29, 0.717) is 4.88 Å². The van der Waals surface area contributed by atoms with E-state index in [2.05, 4.69) is 5.32 Å². The van der Waals surface area contributed by atoms with E-state index in [-0.39, 0.29) is 21.1 Å². The molecule has 1 aromatic carbocycles. The third-order valence-electron chi connectivity index (χ3n) is 3.39. The summed E-state index contributed by atoms with van der Waals surface area (Å²) in [5.41, 5.74) is 0.999. The Labute approximate surface area is 135 Å². The van der Waals surface area contributed by atoms with Crippen molar-refractivity contribution in [2.24, 2.45) is 0 Å². The van der Waals surface area contributed by atoms with E-state index in [4.69, 9.17) is 0 Å². The van der Waals surface area contributed by atoms with Crippen LogP contribution in [0.15, 0.2) is 45.5 Å². The average molecular weight is 337 g/mol. The van der Waals surface area contributed by atoms with Crippen LogP contribution >= 0.6 is 11.3 Å². The molecule has 0 saturated heterocycles. The van der Waals surface area contributed by atoms with Gasteiger partial charge >= 0.3 is 0 Å². The van der Waals surface area contributed by atoms with Crippen molar-refractivity contribution in [3.63, 3.8) is 0 Å². The molecule has 0 radical (unpaired) electrons. The zero-order valence-corrected chi connectivity index (χ0v) is 14.4. The minimum atomic E-state index is -3.56. The lowest BCUT2D eigenvalue weighted by Gasteiger charge is -2.09. The number of hydrogen-bond donors (Lipinski definition) is 1. The molecule has 6 heteroatoms. The maximum absolute atomic E-state index is 12.5. The lowest BCUT2D eigenvalue weighted by molar-refractivity contribution is 0.0943. The summed E-state index contributed by atoms with van der Waals surface area (Å²) in [6, 6.07) is 9.81. The number of benzene rings is 1. The number of hydrogen-bond acceptors (Lipinski definition) is 4. The summed E-state index contributed by atoms with van der Waals surface area (Å²) in [6.07, 6.45) is 0.825. The summed E-state index contributed by atoms with van der Waals surface area (Å²) in [5, 5.41) is 2.83. The van der Waals surface area contributed by atoms with Crippen molar-refractivity contribution in [1.29, 1.82) is 0 Å².